The number of para-hydroxylation sites is 1. The van der Waals surface area contributed by atoms with E-state index < -0.39 is 6.04 Å². The van der Waals surface area contributed by atoms with Crippen molar-refractivity contribution < 1.29 is 19.0 Å². The fourth-order valence-electron chi connectivity index (χ4n) is 4.66. The Balaban J connectivity index is 1.65. The number of anilines is 1. The number of methoxy groups -OCH3 is 2. The van der Waals surface area contributed by atoms with Gasteiger partial charge in [0.05, 0.1) is 41.1 Å². The summed E-state index contributed by atoms with van der Waals surface area (Å²) < 4.78 is 18.3. The molecule has 8 nitrogen and oxygen atoms in total. The topological polar surface area (TPSA) is 91.2 Å². The normalized spacial score (nSPS) is 14.5. The lowest BCUT2D eigenvalue weighted by molar-refractivity contribution is -0.113. The molecule has 3 aromatic carbocycles. The molecule has 2 heterocycles. The van der Waals surface area contributed by atoms with Gasteiger partial charge in [-0.1, -0.05) is 59.2 Å². The molecule has 1 aliphatic rings. The highest BCUT2D eigenvalue weighted by Crippen LogP contribution is 2.37. The second kappa shape index (κ2) is 12.4. The Morgan fingerprint density at radius 3 is 2.55 bits per heavy atom. The van der Waals surface area contributed by atoms with Crippen LogP contribution in [0.4, 0.5) is 5.69 Å². The number of rotatable bonds is 8. The van der Waals surface area contributed by atoms with E-state index in [2.05, 4.69) is 16.2 Å². The maximum atomic E-state index is 14.0. The SMILES string of the molecule is C#CCOc1c(Cl)cc(/C=c2/sc3n(c2=O)[C@H](c2ccc(OC)cc2)C(C(=O)Nc2ccccc2)=C(C)N=3)cc1OC. The van der Waals surface area contributed by atoms with E-state index in [1.165, 1.54) is 18.4 Å². The molecule has 0 unspecified atom stereocenters. The van der Waals surface area contributed by atoms with Crippen molar-refractivity contribution in [2.24, 2.45) is 4.99 Å². The van der Waals surface area contributed by atoms with E-state index in [1.54, 1.807) is 61.1 Å². The van der Waals surface area contributed by atoms with Gasteiger partial charge in [0.25, 0.3) is 11.5 Å². The van der Waals surface area contributed by atoms with Crippen LogP contribution in [0.2, 0.25) is 5.02 Å². The highest BCUT2D eigenvalue weighted by molar-refractivity contribution is 7.07. The van der Waals surface area contributed by atoms with Crippen molar-refractivity contribution in [3.8, 4) is 29.6 Å². The molecule has 1 N–H and O–H groups in total. The van der Waals surface area contributed by atoms with E-state index >= 15 is 0 Å². The van der Waals surface area contributed by atoms with Crippen molar-refractivity contribution in [1.82, 2.24) is 4.57 Å². The summed E-state index contributed by atoms with van der Waals surface area (Å²) >= 11 is 7.69. The highest BCUT2D eigenvalue weighted by atomic mass is 35.5. The smallest absolute Gasteiger partial charge is 0.271 e. The van der Waals surface area contributed by atoms with E-state index in [-0.39, 0.29) is 23.1 Å². The number of terminal acetylenes is 1. The Morgan fingerprint density at radius 1 is 1.14 bits per heavy atom. The first-order chi connectivity index (χ1) is 20.3. The van der Waals surface area contributed by atoms with Crippen molar-refractivity contribution in [2.45, 2.75) is 13.0 Å². The molecule has 212 valence electrons. The molecule has 1 atom stereocenters. The molecule has 1 aliphatic heterocycles. The first kappa shape index (κ1) is 28.7. The average Bonchev–Trinajstić information content (AvgIpc) is 3.29. The molecular weight excluding hydrogens is 574 g/mol. The van der Waals surface area contributed by atoms with Crippen LogP contribution in [0.25, 0.3) is 6.08 Å². The molecular formula is C32H26ClN3O5S. The molecule has 0 fully saturated rings. The number of aromatic nitrogens is 1. The Hall–Kier alpha value is -4.78. The van der Waals surface area contributed by atoms with Crippen LogP contribution in [0.5, 0.6) is 17.2 Å². The first-order valence-electron chi connectivity index (χ1n) is 12.8. The molecule has 0 saturated heterocycles. The first-order valence-corrected chi connectivity index (χ1v) is 14.0. The molecule has 0 bridgehead atoms. The van der Waals surface area contributed by atoms with Gasteiger partial charge in [-0.2, -0.15) is 0 Å². The molecule has 0 saturated carbocycles. The number of thiazole rings is 1. The van der Waals surface area contributed by atoms with Crippen molar-refractivity contribution in [2.75, 3.05) is 26.1 Å². The number of carbonyl (C=O) groups excluding carboxylic acids is 1. The lowest BCUT2D eigenvalue weighted by atomic mass is 9.95. The minimum absolute atomic E-state index is 0.0267. The van der Waals surface area contributed by atoms with Gasteiger partial charge in [0.2, 0.25) is 0 Å². The molecule has 0 spiro atoms. The Labute approximate surface area is 251 Å². The number of hydrogen-bond donors (Lipinski definition) is 1. The van der Waals surface area contributed by atoms with Crippen LogP contribution in [0.15, 0.2) is 87.8 Å². The number of nitrogens with zero attached hydrogens (tertiary/aromatic N) is 2. The molecule has 0 aliphatic carbocycles. The van der Waals surface area contributed by atoms with E-state index in [9.17, 15) is 9.59 Å². The number of ether oxygens (including phenoxy) is 3. The molecule has 4 aromatic rings. The van der Waals surface area contributed by atoms with Crippen LogP contribution in [-0.2, 0) is 4.79 Å². The van der Waals surface area contributed by atoms with E-state index in [1.807, 2.05) is 30.3 Å². The molecule has 1 amide bonds. The van der Waals surface area contributed by atoms with E-state index in [0.717, 1.165) is 5.56 Å². The Bertz CT molecular complexity index is 1900. The monoisotopic (exact) mass is 599 g/mol. The van der Waals surface area contributed by atoms with Crippen LogP contribution in [0.1, 0.15) is 24.1 Å². The maximum absolute atomic E-state index is 14.0. The van der Waals surface area contributed by atoms with Crippen LogP contribution in [-0.4, -0.2) is 31.3 Å². The van der Waals surface area contributed by atoms with Crippen LogP contribution in [0, 0.1) is 12.3 Å². The summed E-state index contributed by atoms with van der Waals surface area (Å²) in [6, 6.07) is 19.1. The van der Waals surface area contributed by atoms with Crippen molar-refractivity contribution >= 4 is 40.6 Å². The number of allylic oxidation sites excluding steroid dienone is 1. The van der Waals surface area contributed by atoms with Gasteiger partial charge in [-0.3, -0.25) is 14.2 Å². The zero-order chi connectivity index (χ0) is 29.8. The van der Waals surface area contributed by atoms with E-state index in [0.29, 0.717) is 49.1 Å². The summed E-state index contributed by atoms with van der Waals surface area (Å²) in [7, 11) is 3.07. The fraction of sp³-hybridized carbons (Fsp3) is 0.156. The third-order valence-electron chi connectivity index (χ3n) is 6.58. The Morgan fingerprint density at radius 2 is 1.88 bits per heavy atom. The van der Waals surface area contributed by atoms with Gasteiger partial charge in [0.1, 0.15) is 12.4 Å². The number of benzene rings is 3. The summed E-state index contributed by atoms with van der Waals surface area (Å²) in [5, 5.41) is 3.23. The number of nitrogens with one attached hydrogen (secondary N) is 1. The second-order valence-corrected chi connectivity index (χ2v) is 10.6. The van der Waals surface area contributed by atoms with E-state index in [4.69, 9.17) is 32.2 Å². The molecule has 1 aromatic heterocycles. The fourth-order valence-corrected chi connectivity index (χ4v) is 5.98. The zero-order valence-corrected chi connectivity index (χ0v) is 24.6. The van der Waals surface area contributed by atoms with Crippen molar-refractivity contribution in [1.29, 1.82) is 0 Å². The summed E-state index contributed by atoms with van der Waals surface area (Å²) in [6.07, 6.45) is 7.02. The highest BCUT2D eigenvalue weighted by Gasteiger charge is 2.32. The van der Waals surface area contributed by atoms with Gasteiger partial charge in [-0.15, -0.1) is 6.42 Å². The predicted octanol–water partition coefficient (Wildman–Crippen LogP) is 4.56. The quantitative estimate of drug-likeness (QED) is 0.300. The van der Waals surface area contributed by atoms with Gasteiger partial charge >= 0.3 is 0 Å². The number of fused-ring (bicyclic) bond motifs is 1. The summed E-state index contributed by atoms with van der Waals surface area (Å²) in [5.74, 6) is 3.40. The van der Waals surface area contributed by atoms with Crippen molar-refractivity contribution in [3.05, 3.63) is 114 Å². The van der Waals surface area contributed by atoms with Crippen LogP contribution in [0.3, 0.4) is 0 Å². The number of amides is 1. The third kappa shape index (κ3) is 5.68. The lowest BCUT2D eigenvalue weighted by Gasteiger charge is -2.25. The number of hydrogen-bond acceptors (Lipinski definition) is 7. The molecule has 42 heavy (non-hydrogen) atoms. The van der Waals surface area contributed by atoms with Crippen LogP contribution >= 0.6 is 22.9 Å². The molecule has 0 radical (unpaired) electrons. The van der Waals surface area contributed by atoms with Gasteiger partial charge in [-0.05, 0) is 60.5 Å². The van der Waals surface area contributed by atoms with Gasteiger partial charge < -0.3 is 19.5 Å². The zero-order valence-electron chi connectivity index (χ0n) is 23.0. The van der Waals surface area contributed by atoms with Crippen LogP contribution < -0.4 is 34.4 Å². The summed E-state index contributed by atoms with van der Waals surface area (Å²) in [6.45, 7) is 1.80. The molecule has 10 heteroatoms. The van der Waals surface area contributed by atoms with Crippen molar-refractivity contribution in [3.63, 3.8) is 0 Å². The summed E-state index contributed by atoms with van der Waals surface area (Å²) in [4.78, 5) is 32.8. The third-order valence-corrected chi connectivity index (χ3v) is 7.84. The average molecular weight is 600 g/mol. The standard InChI is InChI=1S/C32H26ClN3O5S/c1-5-15-41-29-24(33)16-20(17-25(29)40-4)18-26-31(38)36-28(21-11-13-23(39-3)14-12-21)27(19(2)34-32(36)42-26)30(37)35-22-9-7-6-8-10-22/h1,6-14,16-18,28H,15H2,2-4H3,(H,35,37)/b26-18+/t28-/m1/s1. The Kier molecular flexibility index (Phi) is 8.48. The minimum atomic E-state index is -0.726. The second-order valence-electron chi connectivity index (χ2n) is 9.20. The maximum Gasteiger partial charge on any atom is 0.271 e. The van der Waals surface area contributed by atoms with Gasteiger partial charge in [0, 0.05) is 5.69 Å². The predicted molar refractivity (Wildman–Crippen MR) is 164 cm³/mol. The van der Waals surface area contributed by atoms with Gasteiger partial charge in [0.15, 0.2) is 16.3 Å². The lowest BCUT2D eigenvalue weighted by Crippen LogP contribution is -2.40. The summed E-state index contributed by atoms with van der Waals surface area (Å²) in [5.41, 5.74) is 2.55. The number of halogens is 1. The number of carbonyl (C=O) groups is 1. The largest absolute Gasteiger partial charge is 0.497 e. The minimum Gasteiger partial charge on any atom is -0.497 e. The molecule has 5 rings (SSSR count). The van der Waals surface area contributed by atoms with Gasteiger partial charge in [-0.25, -0.2) is 4.99 Å².